The molecule has 1 fully saturated rings. The molecule has 0 radical (unpaired) electrons. The Hall–Kier alpha value is -2.38. The van der Waals surface area contributed by atoms with Gasteiger partial charge in [0, 0.05) is 17.7 Å². The topological polar surface area (TPSA) is 89.7 Å². The molecule has 28 heavy (non-hydrogen) atoms. The summed E-state index contributed by atoms with van der Waals surface area (Å²) in [6.07, 6.45) is 2.76. The minimum Gasteiger partial charge on any atom is -0.496 e. The third-order valence-electron chi connectivity index (χ3n) is 5.46. The molecule has 1 saturated heterocycles. The van der Waals surface area contributed by atoms with Crippen molar-refractivity contribution in [2.75, 3.05) is 13.7 Å². The van der Waals surface area contributed by atoms with Crippen LogP contribution < -0.4 is 9.88 Å². The third-order valence-corrected chi connectivity index (χ3v) is 6.35. The Kier molecular flexibility index (Phi) is 5.76. The van der Waals surface area contributed by atoms with E-state index in [1.54, 1.807) is 14.0 Å². The predicted octanol–water partition coefficient (Wildman–Crippen LogP) is 3.33. The lowest BCUT2D eigenvalue weighted by atomic mass is 9.92. The number of para-hydroxylation sites is 1. The fraction of sp³-hybridized carbons (Fsp3) is 0.381. The number of likely N-dealkylation sites (tertiary alicyclic amines) is 1. The Bertz CT molecular complexity index is 1000. The molecular weight excluding hydrogens is 376 g/mol. The van der Waals surface area contributed by atoms with Crippen molar-refractivity contribution in [2.24, 2.45) is 5.14 Å². The van der Waals surface area contributed by atoms with Crippen LogP contribution >= 0.6 is 0 Å². The van der Waals surface area contributed by atoms with Crippen LogP contribution in [0.1, 0.15) is 52.4 Å². The standard InChI is InChI=1S/C21H26N2O4S/c1-14-12-16(28(22,25)26)13-18(15(14)2)21(24)23-11-7-6-9-19(23)17-8-4-5-10-20(17)27-3/h4-5,8,10,12-13,19H,6-7,9,11H2,1-3H3,(H2,22,25,26). The van der Waals surface area contributed by atoms with E-state index in [1.807, 2.05) is 36.1 Å². The molecule has 0 bridgehead atoms. The van der Waals surface area contributed by atoms with E-state index >= 15 is 0 Å². The molecule has 0 aliphatic carbocycles. The Balaban J connectivity index is 2.06. The number of piperidine rings is 1. The van der Waals surface area contributed by atoms with Crippen LogP contribution in [0.3, 0.4) is 0 Å². The van der Waals surface area contributed by atoms with Crippen LogP contribution in [0.5, 0.6) is 5.75 Å². The molecule has 7 heteroatoms. The van der Waals surface area contributed by atoms with E-state index in [0.29, 0.717) is 12.1 Å². The molecule has 1 atom stereocenters. The van der Waals surface area contributed by atoms with Crippen LogP contribution in [0.25, 0.3) is 0 Å². The van der Waals surface area contributed by atoms with Crippen molar-refractivity contribution < 1.29 is 17.9 Å². The molecule has 1 heterocycles. The van der Waals surface area contributed by atoms with Crippen LogP contribution in [0.4, 0.5) is 0 Å². The van der Waals surface area contributed by atoms with Crippen LogP contribution in [-0.4, -0.2) is 32.9 Å². The molecule has 2 aromatic rings. The quantitative estimate of drug-likeness (QED) is 0.849. The average Bonchev–Trinajstić information content (AvgIpc) is 2.68. The van der Waals surface area contributed by atoms with Gasteiger partial charge in [0.05, 0.1) is 18.0 Å². The first kappa shape index (κ1) is 20.4. The number of hydrogen-bond donors (Lipinski definition) is 1. The van der Waals surface area contributed by atoms with Gasteiger partial charge >= 0.3 is 0 Å². The maximum absolute atomic E-state index is 13.5. The summed E-state index contributed by atoms with van der Waals surface area (Å²) >= 11 is 0. The highest BCUT2D eigenvalue weighted by Crippen LogP contribution is 2.37. The minimum absolute atomic E-state index is 0.0372. The van der Waals surface area contributed by atoms with Crippen LogP contribution in [-0.2, 0) is 10.0 Å². The van der Waals surface area contributed by atoms with E-state index in [4.69, 9.17) is 9.88 Å². The van der Waals surface area contributed by atoms with E-state index in [0.717, 1.165) is 41.7 Å². The van der Waals surface area contributed by atoms with Crippen molar-refractivity contribution in [1.82, 2.24) is 4.90 Å². The zero-order chi connectivity index (χ0) is 20.5. The van der Waals surface area contributed by atoms with Crippen LogP contribution in [0.15, 0.2) is 41.3 Å². The van der Waals surface area contributed by atoms with Crippen LogP contribution in [0, 0.1) is 13.8 Å². The number of nitrogens with zero attached hydrogens (tertiary/aromatic N) is 1. The van der Waals surface area contributed by atoms with Crippen molar-refractivity contribution in [3.63, 3.8) is 0 Å². The summed E-state index contributed by atoms with van der Waals surface area (Å²) in [4.78, 5) is 15.3. The summed E-state index contributed by atoms with van der Waals surface area (Å²) in [6, 6.07) is 10.5. The lowest BCUT2D eigenvalue weighted by Crippen LogP contribution is -2.39. The first-order valence-electron chi connectivity index (χ1n) is 9.32. The number of nitrogens with two attached hydrogens (primary N) is 1. The molecule has 6 nitrogen and oxygen atoms in total. The first-order chi connectivity index (χ1) is 13.2. The highest BCUT2D eigenvalue weighted by Gasteiger charge is 2.31. The molecule has 1 aliphatic rings. The maximum atomic E-state index is 13.5. The van der Waals surface area contributed by atoms with Gasteiger partial charge in [-0.25, -0.2) is 13.6 Å². The van der Waals surface area contributed by atoms with Gasteiger partial charge < -0.3 is 9.64 Å². The van der Waals surface area contributed by atoms with Gasteiger partial charge in [0.15, 0.2) is 0 Å². The summed E-state index contributed by atoms with van der Waals surface area (Å²) in [6.45, 7) is 4.23. The molecule has 1 amide bonds. The summed E-state index contributed by atoms with van der Waals surface area (Å²) in [7, 11) is -2.27. The van der Waals surface area contributed by atoms with Crippen molar-refractivity contribution in [2.45, 2.75) is 44.0 Å². The molecule has 3 rings (SSSR count). The fourth-order valence-corrected chi connectivity index (χ4v) is 4.43. The van der Waals surface area contributed by atoms with Gasteiger partial charge in [-0.15, -0.1) is 0 Å². The van der Waals surface area contributed by atoms with E-state index < -0.39 is 10.0 Å². The fourth-order valence-electron chi connectivity index (χ4n) is 3.81. The number of primary sulfonamides is 1. The van der Waals surface area contributed by atoms with Crippen LogP contribution in [0.2, 0.25) is 0 Å². The zero-order valence-corrected chi connectivity index (χ0v) is 17.3. The number of sulfonamides is 1. The number of rotatable bonds is 4. The van der Waals surface area contributed by atoms with Gasteiger partial charge in [-0.3, -0.25) is 4.79 Å². The first-order valence-corrected chi connectivity index (χ1v) is 10.9. The number of ether oxygens (including phenoxy) is 1. The third kappa shape index (κ3) is 3.91. The van der Waals surface area contributed by atoms with Crippen molar-refractivity contribution >= 4 is 15.9 Å². The molecule has 0 aromatic heterocycles. The highest BCUT2D eigenvalue weighted by molar-refractivity contribution is 7.89. The van der Waals surface area contributed by atoms with E-state index in [1.165, 1.54) is 12.1 Å². The lowest BCUT2D eigenvalue weighted by Gasteiger charge is -2.37. The second-order valence-corrected chi connectivity index (χ2v) is 8.77. The Morgan fingerprint density at radius 3 is 2.57 bits per heavy atom. The summed E-state index contributed by atoms with van der Waals surface area (Å²) in [5, 5.41) is 5.31. The largest absolute Gasteiger partial charge is 0.496 e. The maximum Gasteiger partial charge on any atom is 0.254 e. The average molecular weight is 403 g/mol. The number of amides is 1. The molecule has 150 valence electrons. The normalized spacial score (nSPS) is 17.4. The number of carbonyl (C=O) groups excluding carboxylic acids is 1. The van der Waals surface area contributed by atoms with Crippen molar-refractivity contribution in [1.29, 1.82) is 0 Å². The molecule has 2 aromatic carbocycles. The second-order valence-electron chi connectivity index (χ2n) is 7.21. The van der Waals surface area contributed by atoms with Gasteiger partial charge in [-0.05, 0) is 62.4 Å². The van der Waals surface area contributed by atoms with Gasteiger partial charge in [-0.1, -0.05) is 18.2 Å². The zero-order valence-electron chi connectivity index (χ0n) is 16.4. The highest BCUT2D eigenvalue weighted by atomic mass is 32.2. The smallest absolute Gasteiger partial charge is 0.254 e. The molecule has 0 saturated carbocycles. The Labute approximate surface area is 166 Å². The van der Waals surface area contributed by atoms with Crippen molar-refractivity contribution in [3.8, 4) is 5.75 Å². The number of methoxy groups -OCH3 is 1. The molecule has 2 N–H and O–H groups in total. The summed E-state index contributed by atoms with van der Waals surface area (Å²) in [5.41, 5.74) is 2.84. The SMILES string of the molecule is COc1ccccc1C1CCCCN1C(=O)c1cc(S(N)(=O)=O)cc(C)c1C. The molecule has 1 unspecified atom stereocenters. The molecular formula is C21H26N2O4S. The number of hydrogen-bond acceptors (Lipinski definition) is 4. The number of aryl methyl sites for hydroxylation is 1. The van der Waals surface area contributed by atoms with Gasteiger partial charge in [0.2, 0.25) is 10.0 Å². The van der Waals surface area contributed by atoms with Gasteiger partial charge in [0.1, 0.15) is 5.75 Å². The van der Waals surface area contributed by atoms with Gasteiger partial charge in [0.25, 0.3) is 5.91 Å². The monoisotopic (exact) mass is 402 g/mol. The summed E-state index contributed by atoms with van der Waals surface area (Å²) in [5.74, 6) is 0.570. The minimum atomic E-state index is -3.90. The lowest BCUT2D eigenvalue weighted by molar-refractivity contribution is 0.0607. The van der Waals surface area contributed by atoms with Gasteiger partial charge in [-0.2, -0.15) is 0 Å². The number of benzene rings is 2. The Morgan fingerprint density at radius 2 is 1.89 bits per heavy atom. The molecule has 1 aliphatic heterocycles. The second kappa shape index (κ2) is 7.93. The van der Waals surface area contributed by atoms with Crippen molar-refractivity contribution in [3.05, 3.63) is 58.7 Å². The van der Waals surface area contributed by atoms with E-state index in [2.05, 4.69) is 0 Å². The van der Waals surface area contributed by atoms with E-state index in [9.17, 15) is 13.2 Å². The Morgan fingerprint density at radius 1 is 1.18 bits per heavy atom. The number of carbonyl (C=O) groups is 1. The van der Waals surface area contributed by atoms with E-state index in [-0.39, 0.29) is 16.8 Å². The predicted molar refractivity (Wildman–Crippen MR) is 108 cm³/mol. The summed E-state index contributed by atoms with van der Waals surface area (Å²) < 4.78 is 29.2. The molecule has 0 spiro atoms.